The van der Waals surface area contributed by atoms with Crippen LogP contribution in [0, 0.1) is 6.07 Å². The van der Waals surface area contributed by atoms with Crippen LogP contribution in [0.25, 0.3) is 0 Å². The Morgan fingerprint density at radius 1 is 1.22 bits per heavy atom. The highest BCUT2D eigenvalue weighted by atomic mass is 14.7. The first kappa shape index (κ1) is 5.75. The second kappa shape index (κ2) is 1.85. The summed E-state index contributed by atoms with van der Waals surface area (Å²) in [5.74, 6) is 0. The van der Waals surface area contributed by atoms with Crippen molar-refractivity contribution in [3.63, 3.8) is 0 Å². The molecule has 3 nitrogen and oxygen atoms in total. The van der Waals surface area contributed by atoms with Gasteiger partial charge in [0, 0.05) is 11.8 Å². The molecule has 0 amide bonds. The normalized spacial score (nSPS) is 9.33. The smallest absolute Gasteiger partial charge is 0.0629 e. The van der Waals surface area contributed by atoms with E-state index in [0.29, 0.717) is 17.1 Å². The maximum Gasteiger partial charge on any atom is 0.0629 e. The quantitative estimate of drug-likeness (QED) is 0.431. The summed E-state index contributed by atoms with van der Waals surface area (Å²) in [5.41, 5.74) is 17.6. The maximum atomic E-state index is 5.38. The van der Waals surface area contributed by atoms with E-state index in [1.807, 2.05) is 0 Å². The van der Waals surface area contributed by atoms with E-state index in [4.69, 9.17) is 17.2 Å². The Labute approximate surface area is 53.5 Å². The zero-order valence-electron chi connectivity index (χ0n) is 4.89. The van der Waals surface area contributed by atoms with Crippen LogP contribution in [-0.4, -0.2) is 0 Å². The zero-order chi connectivity index (χ0) is 6.85. The monoisotopic (exact) mass is 122 g/mol. The molecule has 0 bridgehead atoms. The molecule has 1 aromatic rings. The lowest BCUT2D eigenvalue weighted by Crippen LogP contribution is -1.95. The van der Waals surface area contributed by atoms with E-state index in [0.717, 1.165) is 0 Å². The van der Waals surface area contributed by atoms with Gasteiger partial charge in [0.05, 0.1) is 11.4 Å². The number of hydrogen-bond donors (Lipinski definition) is 3. The Hall–Kier alpha value is -1.38. The Balaban J connectivity index is 3.17. The molecule has 3 heteroatoms. The first-order chi connectivity index (χ1) is 4.20. The van der Waals surface area contributed by atoms with E-state index in [-0.39, 0.29) is 0 Å². The molecule has 6 N–H and O–H groups in total. The third-order valence-electron chi connectivity index (χ3n) is 1.03. The third-order valence-corrected chi connectivity index (χ3v) is 1.03. The molecule has 1 radical (unpaired) electrons. The van der Waals surface area contributed by atoms with Crippen LogP contribution in [0.1, 0.15) is 0 Å². The number of hydrogen-bond acceptors (Lipinski definition) is 3. The van der Waals surface area contributed by atoms with Crippen molar-refractivity contribution in [2.24, 2.45) is 0 Å². The summed E-state index contributed by atoms with van der Waals surface area (Å²) in [7, 11) is 0. The summed E-state index contributed by atoms with van der Waals surface area (Å²) >= 11 is 0. The fourth-order valence-electron chi connectivity index (χ4n) is 0.543. The molecule has 0 saturated heterocycles. The maximum absolute atomic E-state index is 5.38. The van der Waals surface area contributed by atoms with Crippen LogP contribution in [0.3, 0.4) is 0 Å². The van der Waals surface area contributed by atoms with Gasteiger partial charge in [0.15, 0.2) is 0 Å². The van der Waals surface area contributed by atoms with E-state index in [1.165, 1.54) is 0 Å². The van der Waals surface area contributed by atoms with E-state index < -0.39 is 0 Å². The summed E-state index contributed by atoms with van der Waals surface area (Å²) in [6.07, 6.45) is 0. The lowest BCUT2D eigenvalue weighted by Gasteiger charge is -1.97. The van der Waals surface area contributed by atoms with Crippen LogP contribution in [0.15, 0.2) is 12.1 Å². The lowest BCUT2D eigenvalue weighted by molar-refractivity contribution is 1.64. The average Bonchev–Trinajstić information content (AvgIpc) is 1.80. The second-order valence-corrected chi connectivity index (χ2v) is 1.80. The highest BCUT2D eigenvalue weighted by Gasteiger charge is 1.91. The van der Waals surface area contributed by atoms with Gasteiger partial charge in [-0.05, 0) is 12.1 Å². The Bertz CT molecular complexity index is 220. The van der Waals surface area contributed by atoms with Crippen molar-refractivity contribution in [3.05, 3.63) is 18.2 Å². The summed E-state index contributed by atoms with van der Waals surface area (Å²) in [4.78, 5) is 0. The van der Waals surface area contributed by atoms with Gasteiger partial charge in [-0.25, -0.2) is 0 Å². The standard InChI is InChI=1S/C6H8N3/c7-4-1-2-5(8)6(9)3-4/h1,3H,7-9H2. The van der Waals surface area contributed by atoms with Crippen molar-refractivity contribution in [3.8, 4) is 0 Å². The number of benzene rings is 1. The summed E-state index contributed by atoms with van der Waals surface area (Å²) in [6, 6.07) is 5.89. The van der Waals surface area contributed by atoms with Crippen molar-refractivity contribution < 1.29 is 0 Å². The zero-order valence-corrected chi connectivity index (χ0v) is 4.89. The van der Waals surface area contributed by atoms with E-state index in [1.54, 1.807) is 12.1 Å². The molecule has 9 heavy (non-hydrogen) atoms. The minimum atomic E-state index is 0.448. The van der Waals surface area contributed by atoms with Crippen molar-refractivity contribution >= 4 is 17.1 Å². The SMILES string of the molecule is Nc1c[c]c(N)c(N)c1. The Kier molecular flexibility index (Phi) is 1.18. The van der Waals surface area contributed by atoms with Gasteiger partial charge in [0.25, 0.3) is 0 Å². The van der Waals surface area contributed by atoms with Gasteiger partial charge in [0.1, 0.15) is 0 Å². The molecule has 0 fully saturated rings. The van der Waals surface area contributed by atoms with E-state index >= 15 is 0 Å². The predicted molar refractivity (Wildman–Crippen MR) is 38.5 cm³/mol. The average molecular weight is 122 g/mol. The van der Waals surface area contributed by atoms with Gasteiger partial charge in [-0.3, -0.25) is 0 Å². The predicted octanol–water partition coefficient (Wildman–Crippen LogP) is 0.233. The highest BCUT2D eigenvalue weighted by Crippen LogP contribution is 2.15. The number of nitrogen functional groups attached to an aromatic ring is 3. The fourth-order valence-corrected chi connectivity index (χ4v) is 0.543. The summed E-state index contributed by atoms with van der Waals surface area (Å²) in [5, 5.41) is 0. The molecule has 0 aliphatic heterocycles. The fraction of sp³-hybridized carbons (Fsp3) is 0. The van der Waals surface area contributed by atoms with Crippen LogP contribution >= 0.6 is 0 Å². The Morgan fingerprint density at radius 3 is 2.33 bits per heavy atom. The molecule has 0 aliphatic carbocycles. The number of anilines is 3. The number of rotatable bonds is 0. The van der Waals surface area contributed by atoms with Gasteiger partial charge in [-0.2, -0.15) is 0 Å². The minimum Gasteiger partial charge on any atom is -0.399 e. The molecule has 47 valence electrons. The molecule has 1 aromatic carbocycles. The molecular weight excluding hydrogens is 114 g/mol. The second-order valence-electron chi connectivity index (χ2n) is 1.80. The van der Waals surface area contributed by atoms with Gasteiger partial charge in [-0.1, -0.05) is 0 Å². The first-order valence-electron chi connectivity index (χ1n) is 2.52. The van der Waals surface area contributed by atoms with Crippen molar-refractivity contribution in [2.75, 3.05) is 17.2 Å². The lowest BCUT2D eigenvalue weighted by atomic mass is 10.2. The van der Waals surface area contributed by atoms with Crippen LogP contribution < -0.4 is 17.2 Å². The molecule has 0 atom stereocenters. The van der Waals surface area contributed by atoms with Gasteiger partial charge < -0.3 is 17.2 Å². The van der Waals surface area contributed by atoms with Gasteiger partial charge in [0.2, 0.25) is 0 Å². The number of nitrogens with two attached hydrogens (primary N) is 3. The van der Waals surface area contributed by atoms with Crippen LogP contribution in [0.5, 0.6) is 0 Å². The minimum absolute atomic E-state index is 0.448. The van der Waals surface area contributed by atoms with Crippen LogP contribution in [0.2, 0.25) is 0 Å². The summed E-state index contributed by atoms with van der Waals surface area (Å²) < 4.78 is 0. The molecule has 0 unspecified atom stereocenters. The summed E-state index contributed by atoms with van der Waals surface area (Å²) in [6.45, 7) is 0. The van der Waals surface area contributed by atoms with Crippen molar-refractivity contribution in [1.82, 2.24) is 0 Å². The largest absolute Gasteiger partial charge is 0.399 e. The molecule has 0 heterocycles. The first-order valence-corrected chi connectivity index (χ1v) is 2.52. The topological polar surface area (TPSA) is 78.1 Å². The molecule has 0 spiro atoms. The molecule has 0 aromatic heterocycles. The highest BCUT2D eigenvalue weighted by molar-refractivity contribution is 5.67. The van der Waals surface area contributed by atoms with Crippen LogP contribution in [-0.2, 0) is 0 Å². The molecule has 1 rings (SSSR count). The van der Waals surface area contributed by atoms with Crippen molar-refractivity contribution in [2.45, 2.75) is 0 Å². The van der Waals surface area contributed by atoms with Gasteiger partial charge >= 0.3 is 0 Å². The van der Waals surface area contributed by atoms with Crippen molar-refractivity contribution in [1.29, 1.82) is 0 Å². The van der Waals surface area contributed by atoms with Gasteiger partial charge in [-0.15, -0.1) is 0 Å². The van der Waals surface area contributed by atoms with E-state index in [2.05, 4.69) is 6.07 Å². The molecule has 0 saturated carbocycles. The Morgan fingerprint density at radius 2 is 1.89 bits per heavy atom. The van der Waals surface area contributed by atoms with Crippen LogP contribution in [0.4, 0.5) is 17.1 Å². The molecular formula is C6H8N3. The van der Waals surface area contributed by atoms with E-state index in [9.17, 15) is 0 Å². The molecule has 0 aliphatic rings. The third kappa shape index (κ3) is 1.05.